The Morgan fingerprint density at radius 2 is 1.61 bits per heavy atom. The molecule has 0 atom stereocenters. The lowest BCUT2D eigenvalue weighted by Crippen LogP contribution is -2.40. The molecule has 0 radical (unpaired) electrons. The zero-order chi connectivity index (χ0) is 20.1. The lowest BCUT2D eigenvalue weighted by atomic mass is 10.0. The summed E-state index contributed by atoms with van der Waals surface area (Å²) in [6, 6.07) is 11.9. The van der Waals surface area contributed by atoms with Gasteiger partial charge in [-0.25, -0.2) is 4.39 Å². The van der Waals surface area contributed by atoms with Crippen molar-refractivity contribution in [3.05, 3.63) is 65.5 Å². The van der Waals surface area contributed by atoms with Crippen molar-refractivity contribution >= 4 is 17.6 Å². The second-order valence-electron chi connectivity index (χ2n) is 6.74. The van der Waals surface area contributed by atoms with Gasteiger partial charge in [-0.3, -0.25) is 14.4 Å². The van der Waals surface area contributed by atoms with E-state index in [4.69, 9.17) is 4.74 Å². The molecule has 1 fully saturated rings. The topological polar surface area (TPSA) is 75.7 Å². The number of hydrogen-bond acceptors (Lipinski definition) is 4. The highest BCUT2D eigenvalue weighted by atomic mass is 19.1. The van der Waals surface area contributed by atoms with Gasteiger partial charge in [0, 0.05) is 24.2 Å². The van der Waals surface area contributed by atoms with E-state index >= 15 is 0 Å². The van der Waals surface area contributed by atoms with Gasteiger partial charge in [0.25, 0.3) is 5.91 Å². The molecule has 2 amide bonds. The first-order chi connectivity index (χ1) is 13.4. The molecule has 1 N–H and O–H groups in total. The molecule has 6 nitrogen and oxygen atoms in total. The average molecular weight is 384 g/mol. The van der Waals surface area contributed by atoms with E-state index in [-0.39, 0.29) is 36.8 Å². The van der Waals surface area contributed by atoms with Crippen LogP contribution in [0.5, 0.6) is 5.75 Å². The number of likely N-dealkylation sites (N-methyl/N-ethyl adjacent to an activating group) is 1. The van der Waals surface area contributed by atoms with Gasteiger partial charge in [-0.1, -0.05) is 0 Å². The van der Waals surface area contributed by atoms with Crippen molar-refractivity contribution in [2.45, 2.75) is 18.9 Å². The molecule has 28 heavy (non-hydrogen) atoms. The third kappa shape index (κ3) is 5.39. The Kier molecular flexibility index (Phi) is 6.03. The summed E-state index contributed by atoms with van der Waals surface area (Å²) in [6.07, 6.45) is 1.98. The quantitative estimate of drug-likeness (QED) is 0.708. The summed E-state index contributed by atoms with van der Waals surface area (Å²) in [5.41, 5.74) is 0.815. The smallest absolute Gasteiger partial charge is 0.260 e. The highest BCUT2D eigenvalue weighted by molar-refractivity contribution is 6.09. The molecule has 1 aliphatic rings. The first-order valence-corrected chi connectivity index (χ1v) is 8.99. The van der Waals surface area contributed by atoms with Crippen LogP contribution in [0.15, 0.2) is 48.5 Å². The minimum Gasteiger partial charge on any atom is -0.484 e. The summed E-state index contributed by atoms with van der Waals surface area (Å²) in [5, 5.41) is 2.82. The van der Waals surface area contributed by atoms with E-state index in [1.165, 1.54) is 29.2 Å². The van der Waals surface area contributed by atoms with Crippen LogP contribution >= 0.6 is 0 Å². The summed E-state index contributed by atoms with van der Waals surface area (Å²) in [4.78, 5) is 37.5. The maximum absolute atomic E-state index is 13.0. The van der Waals surface area contributed by atoms with Crippen molar-refractivity contribution < 1.29 is 23.5 Å². The summed E-state index contributed by atoms with van der Waals surface area (Å²) in [7, 11) is 1.54. The standard InChI is InChI=1S/C21H21FN2O4/c1-24(12-19(25)23-17-8-9-17)20(26)13-28-18-10-4-15(5-11-18)21(27)14-2-6-16(22)7-3-14/h2-7,10-11,17H,8-9,12-13H2,1H3,(H,23,25). The summed E-state index contributed by atoms with van der Waals surface area (Å²) in [5.74, 6) is -0.705. The number of amides is 2. The number of halogens is 1. The van der Waals surface area contributed by atoms with Crippen molar-refractivity contribution in [1.82, 2.24) is 10.2 Å². The Morgan fingerprint density at radius 1 is 1.04 bits per heavy atom. The molecule has 0 heterocycles. The fraction of sp³-hybridized carbons (Fsp3) is 0.286. The predicted octanol–water partition coefficient (Wildman–Crippen LogP) is 2.17. The van der Waals surface area contributed by atoms with Crippen molar-refractivity contribution in [3.8, 4) is 5.75 Å². The lowest BCUT2D eigenvalue weighted by molar-refractivity contribution is -0.136. The van der Waals surface area contributed by atoms with Crippen LogP contribution in [0.3, 0.4) is 0 Å². The molecule has 3 rings (SSSR count). The Labute approximate surface area is 162 Å². The van der Waals surface area contributed by atoms with E-state index < -0.39 is 5.82 Å². The van der Waals surface area contributed by atoms with Crippen molar-refractivity contribution in [2.75, 3.05) is 20.2 Å². The SMILES string of the molecule is CN(CC(=O)NC1CC1)C(=O)COc1ccc(C(=O)c2ccc(F)cc2)cc1. The normalized spacial score (nSPS) is 12.9. The van der Waals surface area contributed by atoms with Gasteiger partial charge in [0.05, 0.1) is 6.54 Å². The number of carbonyl (C=O) groups is 3. The number of ether oxygens (including phenoxy) is 1. The van der Waals surface area contributed by atoms with Crippen molar-refractivity contribution in [1.29, 1.82) is 0 Å². The maximum Gasteiger partial charge on any atom is 0.260 e. The minimum atomic E-state index is -0.403. The molecule has 1 aliphatic carbocycles. The molecule has 1 saturated carbocycles. The Bertz CT molecular complexity index is 861. The van der Waals surface area contributed by atoms with Crippen LogP contribution in [-0.2, 0) is 9.59 Å². The van der Waals surface area contributed by atoms with Crippen LogP contribution in [-0.4, -0.2) is 48.7 Å². The third-order valence-electron chi connectivity index (χ3n) is 4.33. The zero-order valence-electron chi connectivity index (χ0n) is 15.5. The largest absolute Gasteiger partial charge is 0.484 e. The van der Waals surface area contributed by atoms with Crippen molar-refractivity contribution in [3.63, 3.8) is 0 Å². The van der Waals surface area contributed by atoms with Gasteiger partial charge in [-0.2, -0.15) is 0 Å². The highest BCUT2D eigenvalue weighted by Gasteiger charge is 2.24. The summed E-state index contributed by atoms with van der Waals surface area (Å²) < 4.78 is 18.4. The number of hydrogen-bond donors (Lipinski definition) is 1. The molecule has 0 spiro atoms. The number of nitrogens with zero attached hydrogens (tertiary/aromatic N) is 1. The molecule has 0 bridgehead atoms. The fourth-order valence-corrected chi connectivity index (χ4v) is 2.53. The molecule has 2 aromatic carbocycles. The van der Waals surface area contributed by atoms with E-state index in [2.05, 4.69) is 5.32 Å². The van der Waals surface area contributed by atoms with Crippen LogP contribution < -0.4 is 10.1 Å². The Balaban J connectivity index is 1.49. The van der Waals surface area contributed by atoms with E-state index in [0.29, 0.717) is 16.9 Å². The second-order valence-corrected chi connectivity index (χ2v) is 6.74. The number of ketones is 1. The molecular weight excluding hydrogens is 363 g/mol. The lowest BCUT2D eigenvalue weighted by Gasteiger charge is -2.17. The van der Waals surface area contributed by atoms with E-state index in [0.717, 1.165) is 12.8 Å². The molecule has 0 aliphatic heterocycles. The van der Waals surface area contributed by atoms with Gasteiger partial charge in [0.1, 0.15) is 11.6 Å². The second kappa shape index (κ2) is 8.65. The molecule has 146 valence electrons. The maximum atomic E-state index is 13.0. The van der Waals surface area contributed by atoms with E-state index in [9.17, 15) is 18.8 Å². The Hall–Kier alpha value is -3.22. The van der Waals surface area contributed by atoms with E-state index in [1.54, 1.807) is 31.3 Å². The number of benzene rings is 2. The number of rotatable bonds is 8. The van der Waals surface area contributed by atoms with Crippen molar-refractivity contribution in [2.24, 2.45) is 0 Å². The summed E-state index contributed by atoms with van der Waals surface area (Å²) in [6.45, 7) is -0.220. The Morgan fingerprint density at radius 3 is 2.18 bits per heavy atom. The van der Waals surface area contributed by atoms with Gasteiger partial charge in [-0.15, -0.1) is 0 Å². The van der Waals surface area contributed by atoms with Crippen LogP contribution in [0.2, 0.25) is 0 Å². The summed E-state index contributed by atoms with van der Waals surface area (Å²) >= 11 is 0. The third-order valence-corrected chi connectivity index (χ3v) is 4.33. The molecule has 0 unspecified atom stereocenters. The van der Waals surface area contributed by atoms with Crippen LogP contribution in [0, 0.1) is 5.82 Å². The van der Waals surface area contributed by atoms with E-state index in [1.807, 2.05) is 0 Å². The minimum absolute atomic E-state index is 0.0101. The van der Waals surface area contributed by atoms with Gasteiger partial charge >= 0.3 is 0 Å². The number of nitrogens with one attached hydrogen (secondary N) is 1. The molecule has 7 heteroatoms. The van der Waals surface area contributed by atoms with Gasteiger partial charge < -0.3 is 15.0 Å². The van der Waals surface area contributed by atoms with Gasteiger partial charge in [0.2, 0.25) is 5.91 Å². The molecule has 0 saturated heterocycles. The monoisotopic (exact) mass is 384 g/mol. The predicted molar refractivity (Wildman–Crippen MR) is 101 cm³/mol. The molecule has 0 aromatic heterocycles. The molecular formula is C21H21FN2O4. The fourth-order valence-electron chi connectivity index (χ4n) is 2.53. The first-order valence-electron chi connectivity index (χ1n) is 8.99. The molecule has 2 aromatic rings. The first kappa shape index (κ1) is 19.5. The van der Waals surface area contributed by atoms with Crippen LogP contribution in [0.4, 0.5) is 4.39 Å². The van der Waals surface area contributed by atoms with Crippen LogP contribution in [0.1, 0.15) is 28.8 Å². The van der Waals surface area contributed by atoms with Gasteiger partial charge in [-0.05, 0) is 61.4 Å². The average Bonchev–Trinajstić information content (AvgIpc) is 3.50. The van der Waals surface area contributed by atoms with Gasteiger partial charge in [0.15, 0.2) is 12.4 Å². The highest BCUT2D eigenvalue weighted by Crippen LogP contribution is 2.18. The van der Waals surface area contributed by atoms with Crippen LogP contribution in [0.25, 0.3) is 0 Å². The zero-order valence-corrected chi connectivity index (χ0v) is 15.5. The number of carbonyl (C=O) groups excluding carboxylic acids is 3.